The molecule has 6 heteroatoms. The lowest BCUT2D eigenvalue weighted by Gasteiger charge is -2.15. The van der Waals surface area contributed by atoms with Gasteiger partial charge < -0.3 is 14.6 Å². The molecule has 0 saturated carbocycles. The molecule has 0 aliphatic rings. The minimum absolute atomic E-state index is 0.0967. The molecule has 0 aliphatic heterocycles. The molecule has 140 valence electrons. The summed E-state index contributed by atoms with van der Waals surface area (Å²) in [7, 11) is 1.81. The van der Waals surface area contributed by atoms with E-state index in [0.29, 0.717) is 22.8 Å². The molecule has 1 amide bonds. The number of amides is 1. The molecule has 1 aromatic heterocycles. The van der Waals surface area contributed by atoms with E-state index in [1.165, 1.54) is 0 Å². The minimum atomic E-state index is -0.415. The van der Waals surface area contributed by atoms with Gasteiger partial charge in [-0.05, 0) is 49.7 Å². The molecule has 27 heavy (non-hydrogen) atoms. The first kappa shape index (κ1) is 19.0. The number of carbonyl (C=O) groups is 1. The molecule has 0 aliphatic carbocycles. The number of benzene rings is 2. The first-order valence-electron chi connectivity index (χ1n) is 8.73. The van der Waals surface area contributed by atoms with Gasteiger partial charge in [0.15, 0.2) is 0 Å². The first-order chi connectivity index (χ1) is 12.9. The van der Waals surface area contributed by atoms with Crippen LogP contribution in [0.5, 0.6) is 5.75 Å². The minimum Gasteiger partial charge on any atom is -0.494 e. The van der Waals surface area contributed by atoms with Crippen LogP contribution in [-0.4, -0.2) is 17.1 Å². The van der Waals surface area contributed by atoms with Gasteiger partial charge in [-0.1, -0.05) is 23.7 Å². The highest BCUT2D eigenvalue weighted by molar-refractivity contribution is 6.30. The summed E-state index contributed by atoms with van der Waals surface area (Å²) >= 11 is 5.91. The Kier molecular flexibility index (Phi) is 5.51. The van der Waals surface area contributed by atoms with Crippen LogP contribution in [0, 0.1) is 0 Å². The Labute approximate surface area is 162 Å². The van der Waals surface area contributed by atoms with E-state index in [1.807, 2.05) is 45.2 Å². The number of nitrogens with one attached hydrogen (secondary N) is 1. The van der Waals surface area contributed by atoms with Gasteiger partial charge in [-0.3, -0.25) is 9.59 Å². The largest absolute Gasteiger partial charge is 0.494 e. The number of hydrogen-bond acceptors (Lipinski definition) is 3. The molecule has 3 aromatic rings. The van der Waals surface area contributed by atoms with Gasteiger partial charge in [-0.25, -0.2) is 0 Å². The van der Waals surface area contributed by atoms with Crippen LogP contribution in [0.4, 0.5) is 0 Å². The molecule has 0 bridgehead atoms. The number of halogens is 1. The van der Waals surface area contributed by atoms with Gasteiger partial charge in [0.25, 0.3) is 5.91 Å². The molecular weight excluding hydrogens is 364 g/mol. The molecule has 3 rings (SSSR count). The van der Waals surface area contributed by atoms with Crippen molar-refractivity contribution < 1.29 is 9.53 Å². The van der Waals surface area contributed by atoms with Gasteiger partial charge in [0.05, 0.1) is 23.6 Å². The number of pyridine rings is 1. The van der Waals surface area contributed by atoms with Gasteiger partial charge in [-0.15, -0.1) is 0 Å². The van der Waals surface area contributed by atoms with Crippen molar-refractivity contribution in [1.82, 2.24) is 9.88 Å². The number of ether oxygens (including phenoxy) is 1. The van der Waals surface area contributed by atoms with Gasteiger partial charge in [0.1, 0.15) is 11.3 Å². The predicted octanol–water partition coefficient (Wildman–Crippen LogP) is 4.08. The van der Waals surface area contributed by atoms with E-state index in [9.17, 15) is 9.59 Å². The summed E-state index contributed by atoms with van der Waals surface area (Å²) in [5.74, 6) is 0.191. The van der Waals surface area contributed by atoms with Crippen molar-refractivity contribution >= 4 is 28.4 Å². The number of nitrogens with zero attached hydrogens (tertiary/aromatic N) is 1. The lowest BCUT2D eigenvalue weighted by molar-refractivity contribution is 0.0938. The highest BCUT2D eigenvalue weighted by Crippen LogP contribution is 2.20. The third-order valence-corrected chi connectivity index (χ3v) is 4.69. The molecule has 0 radical (unpaired) electrons. The molecule has 1 unspecified atom stereocenters. The van der Waals surface area contributed by atoms with Crippen molar-refractivity contribution in [3.05, 3.63) is 75.0 Å². The van der Waals surface area contributed by atoms with E-state index in [-0.39, 0.29) is 17.0 Å². The quantitative estimate of drug-likeness (QED) is 0.721. The van der Waals surface area contributed by atoms with E-state index in [1.54, 1.807) is 29.0 Å². The van der Waals surface area contributed by atoms with Crippen LogP contribution >= 0.6 is 11.6 Å². The van der Waals surface area contributed by atoms with Crippen LogP contribution in [0.15, 0.2) is 53.5 Å². The monoisotopic (exact) mass is 384 g/mol. The summed E-state index contributed by atoms with van der Waals surface area (Å²) in [6, 6.07) is 12.3. The Hall–Kier alpha value is -2.79. The fourth-order valence-electron chi connectivity index (χ4n) is 3.00. The number of carbonyl (C=O) groups excluding carboxylic acids is 1. The fourth-order valence-corrected chi connectivity index (χ4v) is 3.12. The Morgan fingerprint density at radius 3 is 2.59 bits per heavy atom. The van der Waals surface area contributed by atoms with Crippen LogP contribution in [0.2, 0.25) is 5.02 Å². The van der Waals surface area contributed by atoms with E-state index in [2.05, 4.69) is 5.32 Å². The maximum Gasteiger partial charge on any atom is 0.257 e. The average Bonchev–Trinajstić information content (AvgIpc) is 2.65. The summed E-state index contributed by atoms with van der Waals surface area (Å²) in [5, 5.41) is 3.96. The zero-order valence-electron chi connectivity index (χ0n) is 15.5. The fraction of sp³-hybridized carbons (Fsp3) is 0.238. The topological polar surface area (TPSA) is 60.3 Å². The van der Waals surface area contributed by atoms with Gasteiger partial charge in [-0.2, -0.15) is 0 Å². The van der Waals surface area contributed by atoms with Crippen molar-refractivity contribution in [1.29, 1.82) is 0 Å². The second-order valence-corrected chi connectivity index (χ2v) is 6.78. The molecule has 1 N–H and O–H groups in total. The molecule has 1 atom stereocenters. The van der Waals surface area contributed by atoms with Crippen LogP contribution in [0.25, 0.3) is 10.9 Å². The lowest BCUT2D eigenvalue weighted by Crippen LogP contribution is -2.31. The highest BCUT2D eigenvalue weighted by atomic mass is 35.5. The van der Waals surface area contributed by atoms with E-state index < -0.39 is 5.91 Å². The van der Waals surface area contributed by atoms with Crippen LogP contribution in [0.1, 0.15) is 35.8 Å². The molecule has 2 aromatic carbocycles. The van der Waals surface area contributed by atoms with E-state index in [4.69, 9.17) is 16.3 Å². The number of rotatable bonds is 5. The molecule has 0 spiro atoms. The Morgan fingerprint density at radius 2 is 1.93 bits per heavy atom. The number of aromatic nitrogens is 1. The maximum absolute atomic E-state index is 12.9. The zero-order valence-corrected chi connectivity index (χ0v) is 16.2. The van der Waals surface area contributed by atoms with Crippen LogP contribution < -0.4 is 15.5 Å². The Balaban J connectivity index is 1.95. The van der Waals surface area contributed by atoms with E-state index >= 15 is 0 Å². The Bertz CT molecular complexity index is 1040. The first-order valence-corrected chi connectivity index (χ1v) is 9.11. The second kappa shape index (κ2) is 7.84. The molecular formula is C21H21ClN2O3. The van der Waals surface area contributed by atoms with Crippen molar-refractivity contribution in [2.24, 2.45) is 7.05 Å². The van der Waals surface area contributed by atoms with Crippen molar-refractivity contribution in [3.8, 4) is 5.75 Å². The number of hydrogen-bond donors (Lipinski definition) is 1. The SMILES string of the molecule is CCOc1ccc2c(c1)c(=O)c(C(=O)NC(C)c1ccc(Cl)cc1)cn2C. The van der Waals surface area contributed by atoms with Crippen molar-refractivity contribution in [2.75, 3.05) is 6.61 Å². The van der Waals surface area contributed by atoms with Crippen LogP contribution in [0.3, 0.4) is 0 Å². The van der Waals surface area contributed by atoms with E-state index in [0.717, 1.165) is 11.1 Å². The van der Waals surface area contributed by atoms with Gasteiger partial charge >= 0.3 is 0 Å². The highest BCUT2D eigenvalue weighted by Gasteiger charge is 2.17. The van der Waals surface area contributed by atoms with Gasteiger partial charge in [0, 0.05) is 18.3 Å². The molecule has 5 nitrogen and oxygen atoms in total. The summed E-state index contributed by atoms with van der Waals surface area (Å²) in [5.41, 5.74) is 1.43. The molecule has 1 heterocycles. The Morgan fingerprint density at radius 1 is 1.22 bits per heavy atom. The average molecular weight is 385 g/mol. The summed E-state index contributed by atoms with van der Waals surface area (Å²) in [6.45, 7) is 4.24. The number of fused-ring (bicyclic) bond motifs is 1. The maximum atomic E-state index is 12.9. The van der Waals surface area contributed by atoms with Gasteiger partial charge in [0.2, 0.25) is 5.43 Å². The predicted molar refractivity (Wildman–Crippen MR) is 108 cm³/mol. The normalized spacial score (nSPS) is 12.0. The third-order valence-electron chi connectivity index (χ3n) is 4.43. The van der Waals surface area contributed by atoms with Crippen molar-refractivity contribution in [2.45, 2.75) is 19.9 Å². The zero-order chi connectivity index (χ0) is 19.6. The summed E-state index contributed by atoms with van der Waals surface area (Å²) < 4.78 is 7.25. The third kappa shape index (κ3) is 3.98. The lowest BCUT2D eigenvalue weighted by atomic mass is 10.1. The standard InChI is InChI=1S/C21H21ClN2O3/c1-4-27-16-9-10-19-17(11-16)20(25)18(12-24(19)3)21(26)23-13(2)14-5-7-15(22)8-6-14/h5-13H,4H2,1-3H3,(H,23,26). The summed E-state index contributed by atoms with van der Waals surface area (Å²) in [6.07, 6.45) is 1.56. The molecule has 0 fully saturated rings. The smallest absolute Gasteiger partial charge is 0.257 e. The van der Waals surface area contributed by atoms with Crippen molar-refractivity contribution in [3.63, 3.8) is 0 Å². The second-order valence-electron chi connectivity index (χ2n) is 6.34. The molecule has 0 saturated heterocycles. The number of aryl methyl sites for hydroxylation is 1. The summed E-state index contributed by atoms with van der Waals surface area (Å²) in [4.78, 5) is 25.6. The van der Waals surface area contributed by atoms with Crippen LogP contribution in [-0.2, 0) is 7.05 Å².